The molecule has 96 valence electrons. The van der Waals surface area contributed by atoms with Crippen LogP contribution in [0.15, 0.2) is 39.5 Å². The molecule has 0 aliphatic carbocycles. The number of aromatic nitrogens is 2. The average molecular weight is 276 g/mol. The van der Waals surface area contributed by atoms with E-state index in [-0.39, 0.29) is 0 Å². The molecule has 2 aromatic heterocycles. The van der Waals surface area contributed by atoms with Crippen LogP contribution in [0.3, 0.4) is 0 Å². The van der Waals surface area contributed by atoms with E-state index in [4.69, 9.17) is 26.3 Å². The molecule has 3 aromatic rings. The monoisotopic (exact) mass is 275 g/mol. The zero-order chi connectivity index (χ0) is 13.4. The molecular formula is C13H10ClN3O2. The number of hydrogen-bond acceptors (Lipinski definition) is 5. The highest BCUT2D eigenvalue weighted by atomic mass is 35.5. The normalized spacial score (nSPS) is 10.8. The van der Waals surface area contributed by atoms with Gasteiger partial charge < -0.3 is 14.7 Å². The first-order valence-corrected chi connectivity index (χ1v) is 5.96. The summed E-state index contributed by atoms with van der Waals surface area (Å²) in [6.45, 7) is 1.83. The summed E-state index contributed by atoms with van der Waals surface area (Å²) in [6.07, 6.45) is 1.58. The van der Waals surface area contributed by atoms with Crippen molar-refractivity contribution in [2.24, 2.45) is 0 Å². The van der Waals surface area contributed by atoms with Crippen molar-refractivity contribution >= 4 is 17.3 Å². The maximum Gasteiger partial charge on any atom is 0.259 e. The van der Waals surface area contributed by atoms with E-state index in [9.17, 15) is 0 Å². The van der Waals surface area contributed by atoms with E-state index in [0.29, 0.717) is 28.0 Å². The van der Waals surface area contributed by atoms with Gasteiger partial charge in [-0.2, -0.15) is 4.98 Å². The first-order chi connectivity index (χ1) is 9.15. The van der Waals surface area contributed by atoms with Crippen molar-refractivity contribution < 1.29 is 8.94 Å². The number of furan rings is 1. The summed E-state index contributed by atoms with van der Waals surface area (Å²) in [4.78, 5) is 4.31. The minimum atomic E-state index is 0.327. The van der Waals surface area contributed by atoms with E-state index in [1.54, 1.807) is 30.5 Å². The zero-order valence-corrected chi connectivity index (χ0v) is 10.8. The lowest BCUT2D eigenvalue weighted by atomic mass is 10.2. The van der Waals surface area contributed by atoms with Crippen molar-refractivity contribution in [1.82, 2.24) is 10.1 Å². The summed E-state index contributed by atoms with van der Waals surface area (Å²) >= 11 is 6.09. The third-order valence-corrected chi connectivity index (χ3v) is 3.08. The number of nitrogens with zero attached hydrogens (tertiary/aromatic N) is 2. The number of anilines is 1. The highest BCUT2D eigenvalue weighted by molar-refractivity contribution is 6.33. The second kappa shape index (κ2) is 4.44. The van der Waals surface area contributed by atoms with Crippen LogP contribution in [0.4, 0.5) is 5.69 Å². The Labute approximate surface area is 114 Å². The highest BCUT2D eigenvalue weighted by Crippen LogP contribution is 2.30. The first-order valence-electron chi connectivity index (χ1n) is 5.59. The van der Waals surface area contributed by atoms with Gasteiger partial charge in [0.25, 0.3) is 5.89 Å². The Morgan fingerprint density at radius 2 is 2.05 bits per heavy atom. The molecule has 3 rings (SSSR count). The zero-order valence-electron chi connectivity index (χ0n) is 10.1. The second-order valence-corrected chi connectivity index (χ2v) is 4.46. The van der Waals surface area contributed by atoms with Gasteiger partial charge in [0.15, 0.2) is 0 Å². The molecule has 2 N–H and O–H groups in total. The summed E-state index contributed by atoms with van der Waals surface area (Å²) in [5.41, 5.74) is 7.71. The molecule has 5 nitrogen and oxygen atoms in total. The smallest absolute Gasteiger partial charge is 0.259 e. The highest BCUT2D eigenvalue weighted by Gasteiger charge is 2.16. The number of hydrogen-bond donors (Lipinski definition) is 1. The van der Waals surface area contributed by atoms with Gasteiger partial charge >= 0.3 is 0 Å². The van der Waals surface area contributed by atoms with E-state index in [0.717, 1.165) is 11.3 Å². The molecule has 0 atom stereocenters. The lowest BCUT2D eigenvalue weighted by Gasteiger charge is -1.99. The third-order valence-electron chi connectivity index (χ3n) is 2.75. The molecule has 1 aromatic carbocycles. The van der Waals surface area contributed by atoms with Crippen LogP contribution in [0.2, 0.25) is 5.02 Å². The van der Waals surface area contributed by atoms with E-state index < -0.39 is 0 Å². The molecule has 0 spiro atoms. The largest absolute Gasteiger partial charge is 0.469 e. The van der Waals surface area contributed by atoms with Gasteiger partial charge in [0.1, 0.15) is 5.76 Å². The molecule has 0 saturated carbocycles. The Morgan fingerprint density at radius 3 is 2.79 bits per heavy atom. The van der Waals surface area contributed by atoms with E-state index in [1.165, 1.54) is 0 Å². The molecule has 0 amide bonds. The topological polar surface area (TPSA) is 78.1 Å². The predicted octanol–water partition coefficient (Wildman–Crippen LogP) is 3.54. The molecule has 0 aliphatic rings. The van der Waals surface area contributed by atoms with Crippen molar-refractivity contribution in [3.05, 3.63) is 41.3 Å². The van der Waals surface area contributed by atoms with Crippen molar-refractivity contribution in [3.8, 4) is 22.8 Å². The molecule has 0 radical (unpaired) electrons. The number of rotatable bonds is 2. The lowest BCUT2D eigenvalue weighted by Crippen LogP contribution is -1.87. The Bertz CT molecular complexity index is 733. The maximum absolute atomic E-state index is 6.09. The van der Waals surface area contributed by atoms with Gasteiger partial charge in [-0.25, -0.2) is 0 Å². The van der Waals surface area contributed by atoms with Crippen LogP contribution >= 0.6 is 11.6 Å². The molecule has 0 saturated heterocycles. The molecule has 0 bridgehead atoms. The summed E-state index contributed by atoms with van der Waals surface area (Å²) in [7, 11) is 0. The van der Waals surface area contributed by atoms with Gasteiger partial charge in [-0.1, -0.05) is 16.8 Å². The van der Waals surface area contributed by atoms with Crippen molar-refractivity contribution in [1.29, 1.82) is 0 Å². The Hall–Kier alpha value is -2.27. The summed E-state index contributed by atoms with van der Waals surface area (Å²) in [6, 6.07) is 6.88. The number of nitrogen functional groups attached to an aromatic ring is 1. The van der Waals surface area contributed by atoms with Gasteiger partial charge in [-0.05, 0) is 31.2 Å². The Kier molecular flexibility index (Phi) is 2.76. The Morgan fingerprint density at radius 1 is 1.21 bits per heavy atom. The predicted molar refractivity (Wildman–Crippen MR) is 71.6 cm³/mol. The van der Waals surface area contributed by atoms with Crippen LogP contribution in [0, 0.1) is 6.92 Å². The van der Waals surface area contributed by atoms with E-state index in [1.807, 2.05) is 6.92 Å². The molecular weight excluding hydrogens is 266 g/mol. The van der Waals surface area contributed by atoms with Gasteiger partial charge in [0, 0.05) is 5.69 Å². The molecule has 0 unspecified atom stereocenters. The van der Waals surface area contributed by atoms with Crippen LogP contribution < -0.4 is 5.73 Å². The standard InChI is InChI=1S/C13H10ClN3O2/c1-7-9(4-5-18-7)12-16-13(19-17-12)10-6-8(15)2-3-11(10)14/h2-6H,15H2,1H3. The Balaban J connectivity index is 2.06. The fourth-order valence-corrected chi connectivity index (χ4v) is 1.96. The van der Waals surface area contributed by atoms with Gasteiger partial charge in [0.2, 0.25) is 5.82 Å². The summed E-state index contributed by atoms with van der Waals surface area (Å²) in [5.74, 6) is 1.51. The first kappa shape index (κ1) is 11.8. The van der Waals surface area contributed by atoms with Gasteiger partial charge in [-0.3, -0.25) is 0 Å². The minimum Gasteiger partial charge on any atom is -0.469 e. The quantitative estimate of drug-likeness (QED) is 0.724. The van der Waals surface area contributed by atoms with Gasteiger partial charge in [-0.15, -0.1) is 0 Å². The SMILES string of the molecule is Cc1occc1-c1noc(-c2cc(N)ccc2Cl)n1. The number of halogens is 1. The van der Waals surface area contributed by atoms with E-state index >= 15 is 0 Å². The van der Waals surface area contributed by atoms with Crippen molar-refractivity contribution in [2.45, 2.75) is 6.92 Å². The number of benzene rings is 1. The summed E-state index contributed by atoms with van der Waals surface area (Å²) < 4.78 is 10.4. The fraction of sp³-hybridized carbons (Fsp3) is 0.0769. The number of nitrogens with two attached hydrogens (primary N) is 1. The third kappa shape index (κ3) is 2.08. The van der Waals surface area contributed by atoms with Crippen LogP contribution in [-0.4, -0.2) is 10.1 Å². The van der Waals surface area contributed by atoms with Gasteiger partial charge in [0.05, 0.1) is 22.4 Å². The summed E-state index contributed by atoms with van der Waals surface area (Å²) in [5, 5.41) is 4.43. The lowest BCUT2D eigenvalue weighted by molar-refractivity contribution is 0.432. The van der Waals surface area contributed by atoms with Crippen LogP contribution in [0.1, 0.15) is 5.76 Å². The average Bonchev–Trinajstić information content (AvgIpc) is 3.00. The van der Waals surface area contributed by atoms with Crippen LogP contribution in [0.5, 0.6) is 0 Å². The maximum atomic E-state index is 6.09. The molecule has 6 heteroatoms. The fourth-order valence-electron chi connectivity index (χ4n) is 1.77. The van der Waals surface area contributed by atoms with Crippen LogP contribution in [0.25, 0.3) is 22.8 Å². The molecule has 19 heavy (non-hydrogen) atoms. The van der Waals surface area contributed by atoms with E-state index in [2.05, 4.69) is 10.1 Å². The van der Waals surface area contributed by atoms with Crippen molar-refractivity contribution in [3.63, 3.8) is 0 Å². The molecule has 2 heterocycles. The van der Waals surface area contributed by atoms with Crippen LogP contribution in [-0.2, 0) is 0 Å². The number of aryl methyl sites for hydroxylation is 1. The second-order valence-electron chi connectivity index (χ2n) is 4.05. The minimum absolute atomic E-state index is 0.327. The van der Waals surface area contributed by atoms with Crippen molar-refractivity contribution in [2.75, 3.05) is 5.73 Å². The molecule has 0 aliphatic heterocycles. The molecule has 0 fully saturated rings.